The van der Waals surface area contributed by atoms with Crippen LogP contribution in [0.1, 0.15) is 58.3 Å². The zero-order chi connectivity index (χ0) is 18.0. The smallest absolute Gasteiger partial charge is 0.293 e. The summed E-state index contributed by atoms with van der Waals surface area (Å²) in [6, 6.07) is 3.66. The van der Waals surface area contributed by atoms with Crippen molar-refractivity contribution in [3.05, 3.63) is 28.3 Å². The molecule has 0 aliphatic heterocycles. The highest BCUT2D eigenvalue weighted by Gasteiger charge is 2.18. The van der Waals surface area contributed by atoms with Crippen molar-refractivity contribution in [3.8, 4) is 0 Å². The van der Waals surface area contributed by atoms with Crippen LogP contribution in [0.2, 0.25) is 0 Å². The molecule has 0 heterocycles. The lowest BCUT2D eigenvalue weighted by Crippen LogP contribution is -2.13. The molecule has 0 fully saturated rings. The molecule has 0 bridgehead atoms. The Hall–Kier alpha value is -1.67. The third kappa shape index (κ3) is 7.27. The SMILES string of the molecule is CCCCCCCCCCNc1ccc(S(N)(=O)=O)cc1[N+](=O)[O-]. The van der Waals surface area contributed by atoms with Gasteiger partial charge in [-0.1, -0.05) is 51.9 Å². The predicted octanol–water partition coefficient (Wildman–Crippen LogP) is 3.79. The molecule has 0 saturated heterocycles. The van der Waals surface area contributed by atoms with Crippen LogP contribution in [0.3, 0.4) is 0 Å². The van der Waals surface area contributed by atoms with E-state index in [4.69, 9.17) is 5.14 Å². The van der Waals surface area contributed by atoms with Crippen molar-refractivity contribution in [1.82, 2.24) is 0 Å². The van der Waals surface area contributed by atoms with Crippen molar-refractivity contribution >= 4 is 21.4 Å². The van der Waals surface area contributed by atoms with Crippen molar-refractivity contribution in [2.75, 3.05) is 11.9 Å². The number of hydrogen-bond acceptors (Lipinski definition) is 5. The summed E-state index contributed by atoms with van der Waals surface area (Å²) in [5.41, 5.74) is 0.0384. The Labute approximate surface area is 143 Å². The van der Waals surface area contributed by atoms with Crippen molar-refractivity contribution < 1.29 is 13.3 Å². The second kappa shape index (κ2) is 10.2. The number of rotatable bonds is 12. The molecule has 0 amide bonds. The number of sulfonamides is 1. The van der Waals surface area contributed by atoms with Crippen LogP contribution in [0.25, 0.3) is 0 Å². The van der Waals surface area contributed by atoms with Crippen LogP contribution >= 0.6 is 0 Å². The van der Waals surface area contributed by atoms with Gasteiger partial charge in [0.2, 0.25) is 10.0 Å². The molecule has 0 aromatic heterocycles. The summed E-state index contributed by atoms with van der Waals surface area (Å²) in [5.74, 6) is 0. The van der Waals surface area contributed by atoms with E-state index in [0.717, 1.165) is 25.3 Å². The number of anilines is 1. The zero-order valence-electron chi connectivity index (χ0n) is 14.2. The van der Waals surface area contributed by atoms with Gasteiger partial charge in [0.15, 0.2) is 0 Å². The van der Waals surface area contributed by atoms with Gasteiger partial charge in [-0.15, -0.1) is 0 Å². The molecule has 0 spiro atoms. The first-order chi connectivity index (χ1) is 11.4. The predicted molar refractivity (Wildman–Crippen MR) is 95.6 cm³/mol. The summed E-state index contributed by atoms with van der Waals surface area (Å²) >= 11 is 0. The van der Waals surface area contributed by atoms with E-state index in [1.54, 1.807) is 0 Å². The maximum Gasteiger partial charge on any atom is 0.293 e. The third-order valence-electron chi connectivity index (χ3n) is 3.84. The van der Waals surface area contributed by atoms with Crippen LogP contribution in [0.15, 0.2) is 23.1 Å². The minimum atomic E-state index is -3.95. The molecule has 7 nitrogen and oxygen atoms in total. The van der Waals surface area contributed by atoms with Gasteiger partial charge in [0.25, 0.3) is 5.69 Å². The standard InChI is InChI=1S/C16H27N3O4S/c1-2-3-4-5-6-7-8-9-12-18-15-11-10-14(24(17,22)23)13-16(15)19(20)21/h10-11,13,18H,2-9,12H2,1H3,(H2,17,22,23). The molecule has 0 unspecified atom stereocenters. The Bertz CT molecular complexity index is 632. The normalized spacial score (nSPS) is 11.4. The van der Waals surface area contributed by atoms with Gasteiger partial charge in [-0.3, -0.25) is 10.1 Å². The largest absolute Gasteiger partial charge is 0.379 e. The van der Waals surface area contributed by atoms with Crippen LogP contribution in [0.4, 0.5) is 11.4 Å². The summed E-state index contributed by atoms with van der Waals surface area (Å²) in [6.07, 6.45) is 9.47. The minimum absolute atomic E-state index is 0.258. The molecule has 8 heteroatoms. The summed E-state index contributed by atoms with van der Waals surface area (Å²) in [4.78, 5) is 10.2. The van der Waals surface area contributed by atoms with Crippen LogP contribution in [0, 0.1) is 10.1 Å². The average Bonchev–Trinajstić information content (AvgIpc) is 2.52. The second-order valence-corrected chi connectivity index (χ2v) is 7.44. The maximum atomic E-state index is 11.3. The Morgan fingerprint density at radius 1 is 1.08 bits per heavy atom. The topological polar surface area (TPSA) is 115 Å². The molecule has 1 rings (SSSR count). The number of primary sulfonamides is 1. The fourth-order valence-electron chi connectivity index (χ4n) is 2.47. The lowest BCUT2D eigenvalue weighted by atomic mass is 10.1. The number of nitrogens with zero attached hydrogens (tertiary/aromatic N) is 1. The quantitative estimate of drug-likeness (QED) is 0.335. The number of nitrogens with two attached hydrogens (primary N) is 1. The van der Waals surface area contributed by atoms with Gasteiger partial charge in [0.1, 0.15) is 5.69 Å². The van der Waals surface area contributed by atoms with Gasteiger partial charge in [0, 0.05) is 12.6 Å². The molecular formula is C16H27N3O4S. The first-order valence-electron chi connectivity index (χ1n) is 8.41. The number of nitro benzene ring substituents is 1. The zero-order valence-corrected chi connectivity index (χ0v) is 15.0. The maximum absolute atomic E-state index is 11.3. The van der Waals surface area contributed by atoms with Crippen LogP contribution in [-0.4, -0.2) is 19.9 Å². The molecule has 0 atom stereocenters. The van der Waals surface area contributed by atoms with Gasteiger partial charge in [-0.05, 0) is 18.6 Å². The number of nitro groups is 1. The first-order valence-corrected chi connectivity index (χ1v) is 9.96. The van der Waals surface area contributed by atoms with Crippen LogP contribution in [-0.2, 0) is 10.0 Å². The number of nitrogens with one attached hydrogen (secondary N) is 1. The Kier molecular flexibility index (Phi) is 8.70. The summed E-state index contributed by atoms with van der Waals surface area (Å²) in [7, 11) is -3.95. The molecular weight excluding hydrogens is 330 g/mol. The number of benzene rings is 1. The average molecular weight is 357 g/mol. The lowest BCUT2D eigenvalue weighted by molar-refractivity contribution is -0.384. The van der Waals surface area contributed by atoms with Crippen molar-refractivity contribution in [2.45, 2.75) is 63.2 Å². The highest BCUT2D eigenvalue weighted by Crippen LogP contribution is 2.27. The van der Waals surface area contributed by atoms with E-state index >= 15 is 0 Å². The van der Waals surface area contributed by atoms with Crippen LogP contribution < -0.4 is 10.5 Å². The summed E-state index contributed by atoms with van der Waals surface area (Å²) in [6.45, 7) is 2.81. The van der Waals surface area contributed by atoms with Gasteiger partial charge in [-0.2, -0.15) is 0 Å². The molecule has 3 N–H and O–H groups in total. The molecule has 1 aromatic carbocycles. The van der Waals surface area contributed by atoms with E-state index in [1.807, 2.05) is 0 Å². The highest BCUT2D eigenvalue weighted by atomic mass is 32.2. The van der Waals surface area contributed by atoms with E-state index in [0.29, 0.717) is 12.2 Å². The molecule has 0 saturated carbocycles. The fourth-order valence-corrected chi connectivity index (χ4v) is 3.00. The summed E-state index contributed by atoms with van der Waals surface area (Å²) < 4.78 is 22.6. The van der Waals surface area contributed by atoms with Gasteiger partial charge in [0.05, 0.1) is 9.82 Å². The highest BCUT2D eigenvalue weighted by molar-refractivity contribution is 7.89. The Morgan fingerprint density at radius 2 is 1.67 bits per heavy atom. The van der Waals surface area contributed by atoms with Crippen molar-refractivity contribution in [3.63, 3.8) is 0 Å². The Morgan fingerprint density at radius 3 is 2.21 bits per heavy atom. The molecule has 0 aliphatic carbocycles. The molecule has 1 aromatic rings. The number of unbranched alkanes of at least 4 members (excludes halogenated alkanes) is 7. The minimum Gasteiger partial charge on any atom is -0.379 e. The number of hydrogen-bond donors (Lipinski definition) is 2. The first kappa shape index (κ1) is 20.4. The van der Waals surface area contributed by atoms with Gasteiger partial charge < -0.3 is 5.32 Å². The summed E-state index contributed by atoms with van der Waals surface area (Å²) in [5, 5.41) is 19.1. The molecule has 0 radical (unpaired) electrons. The molecule has 0 aliphatic rings. The van der Waals surface area contributed by atoms with E-state index in [9.17, 15) is 18.5 Å². The van der Waals surface area contributed by atoms with Gasteiger partial charge >= 0.3 is 0 Å². The van der Waals surface area contributed by atoms with E-state index in [1.165, 1.54) is 44.2 Å². The van der Waals surface area contributed by atoms with Gasteiger partial charge in [-0.25, -0.2) is 13.6 Å². The van der Waals surface area contributed by atoms with Crippen molar-refractivity contribution in [2.24, 2.45) is 5.14 Å². The molecule has 136 valence electrons. The monoisotopic (exact) mass is 357 g/mol. The van der Waals surface area contributed by atoms with Crippen molar-refractivity contribution in [1.29, 1.82) is 0 Å². The fraction of sp³-hybridized carbons (Fsp3) is 0.625. The molecule has 24 heavy (non-hydrogen) atoms. The van der Waals surface area contributed by atoms with Crippen LogP contribution in [0.5, 0.6) is 0 Å². The van der Waals surface area contributed by atoms with E-state index < -0.39 is 14.9 Å². The van der Waals surface area contributed by atoms with E-state index in [-0.39, 0.29) is 10.6 Å². The second-order valence-electron chi connectivity index (χ2n) is 5.88. The van der Waals surface area contributed by atoms with E-state index in [2.05, 4.69) is 12.2 Å². The Balaban J connectivity index is 2.44. The lowest BCUT2D eigenvalue weighted by Gasteiger charge is -2.08. The third-order valence-corrected chi connectivity index (χ3v) is 4.75.